The van der Waals surface area contributed by atoms with Crippen molar-refractivity contribution in [3.8, 4) is 0 Å². The van der Waals surface area contributed by atoms with Gasteiger partial charge in [0.05, 0.1) is 6.33 Å². The van der Waals surface area contributed by atoms with Crippen LogP contribution in [0.25, 0.3) is 0 Å². The second-order valence-corrected chi connectivity index (χ2v) is 7.11. The summed E-state index contributed by atoms with van der Waals surface area (Å²) in [6, 6.07) is 9.92. The number of nitrogens with one attached hydrogen (secondary N) is 1. The van der Waals surface area contributed by atoms with Crippen LogP contribution in [0.4, 0.5) is 5.69 Å². The largest absolute Gasteiger partial charge is 0.372 e. The van der Waals surface area contributed by atoms with Gasteiger partial charge in [0.15, 0.2) is 0 Å². The lowest BCUT2D eigenvalue weighted by Crippen LogP contribution is -2.52. The average molecular weight is 326 g/mol. The molecule has 1 fully saturated rings. The Hall–Kier alpha value is -2.30. The maximum atomic E-state index is 12.9. The van der Waals surface area contributed by atoms with Crippen molar-refractivity contribution in [2.24, 2.45) is 5.92 Å². The Bertz CT molecular complexity index is 643. The third kappa shape index (κ3) is 3.96. The molecular weight excluding hydrogens is 300 g/mol. The molecule has 1 aliphatic heterocycles. The van der Waals surface area contributed by atoms with E-state index in [-0.39, 0.29) is 5.91 Å². The van der Waals surface area contributed by atoms with E-state index in [1.165, 1.54) is 0 Å². The molecule has 0 radical (unpaired) electrons. The monoisotopic (exact) mass is 326 g/mol. The summed E-state index contributed by atoms with van der Waals surface area (Å²) in [6.45, 7) is 6.57. The lowest BCUT2D eigenvalue weighted by Gasteiger charge is -2.37. The summed E-state index contributed by atoms with van der Waals surface area (Å²) < 4.78 is 2.13. The molecule has 128 valence electrons. The van der Waals surface area contributed by atoms with Crippen LogP contribution >= 0.6 is 0 Å². The van der Waals surface area contributed by atoms with Gasteiger partial charge in [0.2, 0.25) is 5.91 Å². The number of nitrogens with zero attached hydrogens (tertiary/aromatic N) is 3. The van der Waals surface area contributed by atoms with Crippen LogP contribution in [0.5, 0.6) is 0 Å². The van der Waals surface area contributed by atoms with Gasteiger partial charge in [-0.2, -0.15) is 0 Å². The molecule has 0 atom stereocenters. The first-order chi connectivity index (χ1) is 11.5. The van der Waals surface area contributed by atoms with Crippen LogP contribution < -0.4 is 5.32 Å². The predicted octanol–water partition coefficient (Wildman–Crippen LogP) is 3.01. The lowest BCUT2D eigenvalue weighted by molar-refractivity contribution is -0.136. The molecule has 5 nitrogen and oxygen atoms in total. The number of hydrogen-bond acceptors (Lipinski definition) is 3. The van der Waals surface area contributed by atoms with Crippen LogP contribution in [0.2, 0.25) is 0 Å². The summed E-state index contributed by atoms with van der Waals surface area (Å²) in [5.41, 5.74) is 0.379. The first kappa shape index (κ1) is 16.6. The maximum absolute atomic E-state index is 12.9. The summed E-state index contributed by atoms with van der Waals surface area (Å²) in [6.07, 6.45) is 7.78. The van der Waals surface area contributed by atoms with Crippen LogP contribution in [0.1, 0.15) is 26.7 Å². The highest BCUT2D eigenvalue weighted by atomic mass is 16.2. The number of amides is 1. The van der Waals surface area contributed by atoms with Crippen LogP contribution in [0, 0.1) is 5.92 Å². The number of para-hydroxylation sites is 1. The second-order valence-electron chi connectivity index (χ2n) is 7.11. The van der Waals surface area contributed by atoms with E-state index in [4.69, 9.17) is 0 Å². The molecular formula is C19H26N4O. The van der Waals surface area contributed by atoms with Crippen molar-refractivity contribution in [3.63, 3.8) is 0 Å². The molecule has 1 aromatic heterocycles. The summed E-state index contributed by atoms with van der Waals surface area (Å²) in [4.78, 5) is 19.0. The van der Waals surface area contributed by atoms with Crippen molar-refractivity contribution in [2.45, 2.75) is 38.8 Å². The maximum Gasteiger partial charge on any atom is 0.247 e. The van der Waals surface area contributed by atoms with Crippen LogP contribution in [-0.4, -0.2) is 39.0 Å². The standard InChI is InChI=1S/C19H26N4O/c1-19(2,21-17-6-4-3-5-7-17)18(24)23-11-8-16(9-12-23)14-22-13-10-20-15-22/h3-7,10,13,15-16,21H,8-9,11-12,14H2,1-2H3. The van der Waals surface area contributed by atoms with Gasteiger partial charge in [-0.05, 0) is 44.7 Å². The van der Waals surface area contributed by atoms with E-state index in [0.29, 0.717) is 5.92 Å². The van der Waals surface area contributed by atoms with E-state index < -0.39 is 5.54 Å². The zero-order valence-electron chi connectivity index (χ0n) is 14.5. The summed E-state index contributed by atoms with van der Waals surface area (Å²) in [5, 5.41) is 3.36. The Morgan fingerprint density at radius 3 is 2.58 bits per heavy atom. The van der Waals surface area contributed by atoms with Crippen LogP contribution in [0.3, 0.4) is 0 Å². The van der Waals surface area contributed by atoms with E-state index in [1.807, 2.05) is 67.8 Å². The summed E-state index contributed by atoms with van der Waals surface area (Å²) in [7, 11) is 0. The molecule has 5 heteroatoms. The lowest BCUT2D eigenvalue weighted by atomic mass is 9.94. The minimum absolute atomic E-state index is 0.174. The van der Waals surface area contributed by atoms with Gasteiger partial charge in [-0.1, -0.05) is 18.2 Å². The average Bonchev–Trinajstić information content (AvgIpc) is 3.08. The van der Waals surface area contributed by atoms with Crippen molar-refractivity contribution in [3.05, 3.63) is 49.1 Å². The molecule has 1 saturated heterocycles. The van der Waals surface area contributed by atoms with Crippen molar-refractivity contribution in [1.29, 1.82) is 0 Å². The molecule has 0 bridgehead atoms. The number of imidazole rings is 1. The number of benzene rings is 1. The fourth-order valence-electron chi connectivity index (χ4n) is 3.34. The van der Waals surface area contributed by atoms with Crippen LogP contribution in [-0.2, 0) is 11.3 Å². The Morgan fingerprint density at radius 1 is 1.25 bits per heavy atom. The normalized spacial score (nSPS) is 16.2. The number of carbonyl (C=O) groups is 1. The van der Waals surface area contributed by atoms with E-state index in [1.54, 1.807) is 0 Å². The number of likely N-dealkylation sites (tertiary alicyclic amines) is 1. The minimum Gasteiger partial charge on any atom is -0.372 e. The number of anilines is 1. The van der Waals surface area contributed by atoms with Crippen molar-refractivity contribution in [1.82, 2.24) is 14.5 Å². The number of piperidine rings is 1. The van der Waals surface area contributed by atoms with Gasteiger partial charge < -0.3 is 14.8 Å². The highest BCUT2D eigenvalue weighted by Gasteiger charge is 2.34. The Kier molecular flexibility index (Phi) is 4.88. The third-order valence-electron chi connectivity index (χ3n) is 4.70. The van der Waals surface area contributed by atoms with Gasteiger partial charge in [0.1, 0.15) is 5.54 Å². The van der Waals surface area contributed by atoms with Gasteiger partial charge in [0.25, 0.3) is 0 Å². The second kappa shape index (κ2) is 7.07. The number of carbonyl (C=O) groups excluding carboxylic acids is 1. The molecule has 2 aromatic rings. The molecule has 0 spiro atoms. The number of aromatic nitrogens is 2. The molecule has 3 rings (SSSR count). The third-order valence-corrected chi connectivity index (χ3v) is 4.70. The highest BCUT2D eigenvalue weighted by Crippen LogP contribution is 2.23. The summed E-state index contributed by atoms with van der Waals surface area (Å²) >= 11 is 0. The quantitative estimate of drug-likeness (QED) is 0.919. The highest BCUT2D eigenvalue weighted by molar-refractivity contribution is 5.88. The predicted molar refractivity (Wildman–Crippen MR) is 95.7 cm³/mol. The Balaban J connectivity index is 1.54. The van der Waals surface area contributed by atoms with E-state index >= 15 is 0 Å². The molecule has 0 unspecified atom stereocenters. The molecule has 1 aromatic carbocycles. The number of hydrogen-bond donors (Lipinski definition) is 1. The van der Waals surface area contributed by atoms with E-state index in [9.17, 15) is 4.79 Å². The Labute approximate surface area is 143 Å². The van der Waals surface area contributed by atoms with E-state index in [0.717, 1.165) is 38.2 Å². The number of rotatable bonds is 5. The van der Waals surface area contributed by atoms with Gasteiger partial charge in [-0.25, -0.2) is 4.98 Å². The molecule has 1 aliphatic rings. The smallest absolute Gasteiger partial charge is 0.247 e. The van der Waals surface area contributed by atoms with Gasteiger partial charge >= 0.3 is 0 Å². The van der Waals surface area contributed by atoms with Gasteiger partial charge in [-0.15, -0.1) is 0 Å². The van der Waals surface area contributed by atoms with Crippen molar-refractivity contribution < 1.29 is 4.79 Å². The molecule has 0 aliphatic carbocycles. The zero-order chi connectivity index (χ0) is 17.0. The topological polar surface area (TPSA) is 50.2 Å². The van der Waals surface area contributed by atoms with Crippen LogP contribution in [0.15, 0.2) is 49.1 Å². The molecule has 2 heterocycles. The van der Waals surface area contributed by atoms with Crippen molar-refractivity contribution in [2.75, 3.05) is 18.4 Å². The molecule has 1 amide bonds. The molecule has 0 saturated carbocycles. The fraction of sp³-hybridized carbons (Fsp3) is 0.474. The van der Waals surface area contributed by atoms with Crippen molar-refractivity contribution >= 4 is 11.6 Å². The summed E-state index contributed by atoms with van der Waals surface area (Å²) in [5.74, 6) is 0.792. The first-order valence-corrected chi connectivity index (χ1v) is 8.63. The fourth-order valence-corrected chi connectivity index (χ4v) is 3.34. The zero-order valence-corrected chi connectivity index (χ0v) is 14.5. The minimum atomic E-state index is -0.599. The van der Waals surface area contributed by atoms with Gasteiger partial charge in [-0.3, -0.25) is 4.79 Å². The first-order valence-electron chi connectivity index (χ1n) is 8.63. The SMILES string of the molecule is CC(C)(Nc1ccccc1)C(=O)N1CCC(Cn2ccnc2)CC1. The van der Waals surface area contributed by atoms with Gasteiger partial charge in [0, 0.05) is 37.7 Å². The molecule has 24 heavy (non-hydrogen) atoms. The molecule has 1 N–H and O–H groups in total. The Morgan fingerprint density at radius 2 is 1.96 bits per heavy atom. The van der Waals surface area contributed by atoms with E-state index in [2.05, 4.69) is 14.9 Å².